The minimum absolute atomic E-state index is 0.00140. The van der Waals surface area contributed by atoms with Crippen LogP contribution in [0.5, 0.6) is 0 Å². The Morgan fingerprint density at radius 1 is 1.03 bits per heavy atom. The number of hydrogen-bond donors (Lipinski definition) is 1. The van der Waals surface area contributed by atoms with Crippen molar-refractivity contribution in [2.24, 2.45) is 34.0 Å². The highest BCUT2D eigenvalue weighted by atomic mass is 16.7. The van der Waals surface area contributed by atoms with Crippen molar-refractivity contribution in [1.29, 1.82) is 0 Å². The molecule has 4 nitrogen and oxygen atoms in total. The zero-order valence-corrected chi connectivity index (χ0v) is 18.8. The molecule has 166 valence electrons. The maximum absolute atomic E-state index is 12.7. The van der Waals surface area contributed by atoms with Crippen LogP contribution in [0.25, 0.3) is 0 Å². The first-order valence-electron chi connectivity index (χ1n) is 12.5. The molecule has 4 heteroatoms. The number of hydrogen-bond acceptors (Lipinski definition) is 4. The largest absolute Gasteiger partial charge is 0.389 e. The van der Waals surface area contributed by atoms with Crippen molar-refractivity contribution in [3.05, 3.63) is 11.6 Å². The number of ketones is 1. The highest BCUT2D eigenvalue weighted by Crippen LogP contribution is 2.71. The number of ether oxygens (including phenoxy) is 2. The first-order valence-corrected chi connectivity index (χ1v) is 12.5. The molecule has 5 fully saturated rings. The van der Waals surface area contributed by atoms with Gasteiger partial charge in [-0.1, -0.05) is 19.4 Å². The van der Waals surface area contributed by atoms with Gasteiger partial charge in [0.1, 0.15) is 0 Å². The third-order valence-corrected chi connectivity index (χ3v) is 10.9. The van der Waals surface area contributed by atoms with Crippen molar-refractivity contribution in [1.82, 2.24) is 0 Å². The fourth-order valence-corrected chi connectivity index (χ4v) is 8.94. The second kappa shape index (κ2) is 6.42. The Morgan fingerprint density at radius 3 is 2.50 bits per heavy atom. The van der Waals surface area contributed by atoms with Gasteiger partial charge >= 0.3 is 0 Å². The zero-order valence-electron chi connectivity index (χ0n) is 18.8. The molecule has 1 heterocycles. The average molecular weight is 415 g/mol. The third-order valence-electron chi connectivity index (χ3n) is 10.9. The van der Waals surface area contributed by atoms with Gasteiger partial charge in [-0.15, -0.1) is 0 Å². The molecule has 1 spiro atoms. The van der Waals surface area contributed by atoms with Gasteiger partial charge in [-0.2, -0.15) is 0 Å². The standard InChI is InChI=1S/C26H38O4/c1-23-16-25(11-12-25)21(27)15-17(23)3-4-18-19(23)5-8-24(2)20(18)6-9-26(24,28)10-7-22-29-13-14-30-22/h15,18-20,22,28H,3-14,16H2,1-2H3/t18-,19+,20+,23+,24+,26-/m1/s1. The quantitative estimate of drug-likeness (QED) is 0.721. The normalized spacial score (nSPS) is 49.5. The van der Waals surface area contributed by atoms with Gasteiger partial charge in [-0.05, 0) is 98.9 Å². The summed E-state index contributed by atoms with van der Waals surface area (Å²) in [6.45, 7) is 6.24. The van der Waals surface area contributed by atoms with Gasteiger partial charge in [0.15, 0.2) is 12.1 Å². The molecule has 0 aromatic heterocycles. The van der Waals surface area contributed by atoms with Crippen LogP contribution in [0.2, 0.25) is 0 Å². The van der Waals surface area contributed by atoms with E-state index in [9.17, 15) is 9.90 Å². The van der Waals surface area contributed by atoms with Crippen molar-refractivity contribution in [3.63, 3.8) is 0 Å². The molecule has 4 saturated carbocycles. The molecule has 0 amide bonds. The van der Waals surface area contributed by atoms with Crippen LogP contribution >= 0.6 is 0 Å². The van der Waals surface area contributed by atoms with Gasteiger partial charge < -0.3 is 14.6 Å². The summed E-state index contributed by atoms with van der Waals surface area (Å²) in [5, 5.41) is 11.9. The Hall–Kier alpha value is -0.710. The molecule has 0 unspecified atom stereocenters. The Bertz CT molecular complexity index is 778. The zero-order chi connectivity index (χ0) is 20.8. The lowest BCUT2D eigenvalue weighted by Gasteiger charge is -2.60. The van der Waals surface area contributed by atoms with E-state index >= 15 is 0 Å². The molecular weight excluding hydrogens is 376 g/mol. The topological polar surface area (TPSA) is 55.8 Å². The summed E-state index contributed by atoms with van der Waals surface area (Å²) in [4.78, 5) is 12.7. The lowest BCUT2D eigenvalue weighted by molar-refractivity contribution is -0.144. The first kappa shape index (κ1) is 19.9. The van der Waals surface area contributed by atoms with E-state index in [-0.39, 0.29) is 22.5 Å². The van der Waals surface area contributed by atoms with Crippen LogP contribution < -0.4 is 0 Å². The van der Waals surface area contributed by atoms with Crippen LogP contribution in [0.1, 0.15) is 84.5 Å². The van der Waals surface area contributed by atoms with Crippen molar-refractivity contribution in [2.75, 3.05) is 13.2 Å². The van der Waals surface area contributed by atoms with E-state index in [1.54, 1.807) is 0 Å². The van der Waals surface area contributed by atoms with E-state index in [1.165, 1.54) is 18.4 Å². The number of carbonyl (C=O) groups excluding carboxylic acids is 1. The number of fused-ring (bicyclic) bond motifs is 5. The monoisotopic (exact) mass is 414 g/mol. The fourth-order valence-electron chi connectivity index (χ4n) is 8.94. The van der Waals surface area contributed by atoms with Crippen LogP contribution in [-0.2, 0) is 14.3 Å². The van der Waals surface area contributed by atoms with Gasteiger partial charge in [-0.25, -0.2) is 0 Å². The smallest absolute Gasteiger partial charge is 0.161 e. The predicted molar refractivity (Wildman–Crippen MR) is 114 cm³/mol. The predicted octanol–water partition coefficient (Wildman–Crippen LogP) is 4.79. The fraction of sp³-hybridized carbons (Fsp3) is 0.885. The van der Waals surface area contributed by atoms with Crippen molar-refractivity contribution in [3.8, 4) is 0 Å². The summed E-state index contributed by atoms with van der Waals surface area (Å²) in [6, 6.07) is 0. The summed E-state index contributed by atoms with van der Waals surface area (Å²) in [5.41, 5.74) is 1.08. The molecule has 6 atom stereocenters. The minimum atomic E-state index is -0.588. The summed E-state index contributed by atoms with van der Waals surface area (Å²) in [6.07, 6.45) is 13.6. The highest BCUT2D eigenvalue weighted by molar-refractivity contribution is 5.98. The molecule has 0 bridgehead atoms. The van der Waals surface area contributed by atoms with Crippen molar-refractivity contribution in [2.45, 2.75) is 96.4 Å². The van der Waals surface area contributed by atoms with Crippen molar-refractivity contribution < 1.29 is 19.4 Å². The molecule has 1 aliphatic heterocycles. The second-order valence-corrected chi connectivity index (χ2v) is 12.1. The molecule has 5 aliphatic carbocycles. The summed E-state index contributed by atoms with van der Waals surface area (Å²) in [5.74, 6) is 2.42. The first-order chi connectivity index (χ1) is 14.3. The van der Waals surface area contributed by atoms with Gasteiger partial charge in [0.05, 0.1) is 18.8 Å². The Morgan fingerprint density at radius 2 is 1.77 bits per heavy atom. The SMILES string of the molecule is C[C@]12CC3(CC3)C(=O)C=C1CC[C@@H]1[C@@H]2CC[C@@]2(C)[C@H]1CC[C@@]2(O)CCC1OCCO1. The van der Waals surface area contributed by atoms with Crippen LogP contribution in [0.3, 0.4) is 0 Å². The molecule has 1 saturated heterocycles. The van der Waals surface area contributed by atoms with Gasteiger partial charge in [0, 0.05) is 11.8 Å². The Labute approximate surface area is 180 Å². The number of aliphatic hydroxyl groups is 1. The van der Waals surface area contributed by atoms with E-state index in [1.807, 2.05) is 0 Å². The maximum atomic E-state index is 12.7. The lowest BCUT2D eigenvalue weighted by atomic mass is 9.45. The Kier molecular flexibility index (Phi) is 4.27. The van der Waals surface area contributed by atoms with Gasteiger partial charge in [0.25, 0.3) is 0 Å². The Balaban J connectivity index is 1.25. The van der Waals surface area contributed by atoms with E-state index in [2.05, 4.69) is 19.9 Å². The maximum Gasteiger partial charge on any atom is 0.161 e. The van der Waals surface area contributed by atoms with Crippen molar-refractivity contribution >= 4 is 5.78 Å². The van der Waals surface area contributed by atoms with Crippen LogP contribution in [0, 0.1) is 34.0 Å². The molecule has 0 radical (unpaired) electrons. The van der Waals surface area contributed by atoms with Crippen LogP contribution in [0.4, 0.5) is 0 Å². The average Bonchev–Trinajstić information content (AvgIpc) is 3.17. The summed E-state index contributed by atoms with van der Waals surface area (Å²) < 4.78 is 11.3. The number of allylic oxidation sites excluding steroid dienone is 1. The minimum Gasteiger partial charge on any atom is -0.389 e. The summed E-state index contributed by atoms with van der Waals surface area (Å²) >= 11 is 0. The van der Waals surface area contributed by atoms with Gasteiger partial charge in [-0.3, -0.25) is 4.79 Å². The van der Waals surface area contributed by atoms with Gasteiger partial charge in [0.2, 0.25) is 0 Å². The molecule has 6 aliphatic rings. The molecule has 1 N–H and O–H groups in total. The molecule has 6 rings (SSSR count). The second-order valence-electron chi connectivity index (χ2n) is 12.1. The lowest BCUT2D eigenvalue weighted by Crippen LogP contribution is -2.55. The number of carbonyl (C=O) groups is 1. The molecule has 0 aromatic carbocycles. The van der Waals surface area contributed by atoms with E-state index in [4.69, 9.17) is 9.47 Å². The molecular formula is C26H38O4. The van der Waals surface area contributed by atoms with E-state index in [0.717, 1.165) is 57.8 Å². The third kappa shape index (κ3) is 2.59. The van der Waals surface area contributed by atoms with E-state index < -0.39 is 5.60 Å². The highest BCUT2D eigenvalue weighted by Gasteiger charge is 2.66. The van der Waals surface area contributed by atoms with Crippen LogP contribution in [-0.4, -0.2) is 36.0 Å². The van der Waals surface area contributed by atoms with E-state index in [0.29, 0.717) is 36.8 Å². The molecule has 0 aromatic rings. The summed E-state index contributed by atoms with van der Waals surface area (Å²) in [7, 11) is 0. The number of rotatable bonds is 3. The van der Waals surface area contributed by atoms with Crippen LogP contribution in [0.15, 0.2) is 11.6 Å². The molecule has 30 heavy (non-hydrogen) atoms.